The number of benzene rings is 2. The summed E-state index contributed by atoms with van der Waals surface area (Å²) in [5.74, 6) is 0.755. The summed E-state index contributed by atoms with van der Waals surface area (Å²) in [5, 5.41) is 0. The van der Waals surface area contributed by atoms with Gasteiger partial charge in [-0.25, -0.2) is 0 Å². The first-order valence-corrected chi connectivity index (χ1v) is 8.48. The molecule has 1 atom stereocenters. The van der Waals surface area contributed by atoms with Crippen molar-refractivity contribution in [2.45, 2.75) is 12.6 Å². The maximum absolute atomic E-state index is 12.3. The van der Waals surface area contributed by atoms with Crippen LogP contribution >= 0.6 is 0 Å². The number of methoxy groups -OCH3 is 1. The first-order valence-electron chi connectivity index (χ1n) is 7.04. The van der Waals surface area contributed by atoms with Crippen LogP contribution in [0, 0.1) is 0 Å². The quantitative estimate of drug-likeness (QED) is 0.939. The van der Waals surface area contributed by atoms with Gasteiger partial charge in [-0.2, -0.15) is 17.4 Å². The van der Waals surface area contributed by atoms with Crippen molar-refractivity contribution in [3.05, 3.63) is 65.7 Å². The number of ether oxygens (including phenoxy) is 1. The number of nitrogens with one attached hydrogen (secondary N) is 1. The lowest BCUT2D eigenvalue weighted by Crippen LogP contribution is -2.29. The molecule has 2 aromatic rings. The number of nitrogens with zero attached hydrogens (tertiary/aromatic N) is 1. The van der Waals surface area contributed by atoms with E-state index in [1.807, 2.05) is 54.6 Å². The van der Waals surface area contributed by atoms with Crippen molar-refractivity contribution in [1.82, 2.24) is 9.03 Å². The Morgan fingerprint density at radius 3 is 2.45 bits per heavy atom. The summed E-state index contributed by atoms with van der Waals surface area (Å²) in [4.78, 5) is 0. The molecule has 22 heavy (non-hydrogen) atoms. The smallest absolute Gasteiger partial charge is 0.280 e. The Kier molecular flexibility index (Phi) is 4.15. The molecule has 0 saturated carbocycles. The van der Waals surface area contributed by atoms with Crippen LogP contribution in [-0.4, -0.2) is 26.4 Å². The normalized spacial score (nSPS) is 20.9. The fourth-order valence-electron chi connectivity index (χ4n) is 2.54. The van der Waals surface area contributed by atoms with Crippen LogP contribution in [0.15, 0.2) is 54.6 Å². The number of hydrogen-bond donors (Lipinski definition) is 1. The van der Waals surface area contributed by atoms with Gasteiger partial charge in [-0.3, -0.25) is 0 Å². The number of rotatable bonds is 4. The van der Waals surface area contributed by atoms with E-state index < -0.39 is 10.2 Å². The highest BCUT2D eigenvalue weighted by Gasteiger charge is 2.35. The van der Waals surface area contributed by atoms with Crippen LogP contribution in [0.1, 0.15) is 17.2 Å². The fourth-order valence-corrected chi connectivity index (χ4v) is 3.92. The molecular weight excluding hydrogens is 300 g/mol. The van der Waals surface area contributed by atoms with Gasteiger partial charge in [-0.05, 0) is 23.3 Å². The van der Waals surface area contributed by atoms with E-state index in [1.54, 1.807) is 7.11 Å². The molecule has 1 aliphatic heterocycles. The zero-order valence-electron chi connectivity index (χ0n) is 12.3. The molecule has 0 amide bonds. The van der Waals surface area contributed by atoms with Crippen LogP contribution in [0.25, 0.3) is 0 Å². The topological polar surface area (TPSA) is 58.6 Å². The van der Waals surface area contributed by atoms with Gasteiger partial charge >= 0.3 is 0 Å². The third-order valence-electron chi connectivity index (χ3n) is 3.74. The molecule has 0 aromatic heterocycles. The summed E-state index contributed by atoms with van der Waals surface area (Å²) in [6.45, 7) is 0.798. The molecule has 1 N–H and O–H groups in total. The SMILES string of the molecule is COc1ccc([C@@H]2CN(Cc3ccccc3)S(=O)(=O)N2)cc1. The second-order valence-corrected chi connectivity index (χ2v) is 6.93. The van der Waals surface area contributed by atoms with E-state index in [9.17, 15) is 8.42 Å². The molecule has 1 fully saturated rings. The summed E-state index contributed by atoms with van der Waals surface area (Å²) in [7, 11) is -1.84. The van der Waals surface area contributed by atoms with Gasteiger partial charge in [0.15, 0.2) is 0 Å². The second-order valence-electron chi connectivity index (χ2n) is 5.23. The molecule has 6 heteroatoms. The van der Waals surface area contributed by atoms with Crippen molar-refractivity contribution in [1.29, 1.82) is 0 Å². The monoisotopic (exact) mass is 318 g/mol. The van der Waals surface area contributed by atoms with Crippen molar-refractivity contribution >= 4 is 10.2 Å². The van der Waals surface area contributed by atoms with E-state index in [1.165, 1.54) is 4.31 Å². The van der Waals surface area contributed by atoms with E-state index in [0.717, 1.165) is 16.9 Å². The zero-order chi connectivity index (χ0) is 15.6. The van der Waals surface area contributed by atoms with Crippen LogP contribution < -0.4 is 9.46 Å². The van der Waals surface area contributed by atoms with Gasteiger partial charge in [0, 0.05) is 13.1 Å². The van der Waals surface area contributed by atoms with Gasteiger partial charge in [-0.1, -0.05) is 42.5 Å². The number of hydrogen-bond acceptors (Lipinski definition) is 3. The van der Waals surface area contributed by atoms with Crippen molar-refractivity contribution in [3.63, 3.8) is 0 Å². The van der Waals surface area contributed by atoms with Crippen molar-refractivity contribution < 1.29 is 13.2 Å². The standard InChI is InChI=1S/C16H18N2O3S/c1-21-15-9-7-14(8-10-15)16-12-18(22(19,20)17-16)11-13-5-3-2-4-6-13/h2-10,16-17H,11-12H2,1H3/t16-/m0/s1. The Morgan fingerprint density at radius 1 is 1.14 bits per heavy atom. The average molecular weight is 318 g/mol. The van der Waals surface area contributed by atoms with E-state index in [0.29, 0.717) is 13.1 Å². The Bertz CT molecular complexity index is 730. The minimum Gasteiger partial charge on any atom is -0.497 e. The Labute approximate surface area is 130 Å². The third-order valence-corrected chi connectivity index (χ3v) is 5.28. The van der Waals surface area contributed by atoms with Gasteiger partial charge in [-0.15, -0.1) is 0 Å². The van der Waals surface area contributed by atoms with Gasteiger partial charge in [0.05, 0.1) is 13.2 Å². The van der Waals surface area contributed by atoms with Crippen LogP contribution in [0.2, 0.25) is 0 Å². The molecule has 0 unspecified atom stereocenters. The molecule has 2 aromatic carbocycles. The lowest BCUT2D eigenvalue weighted by molar-refractivity contribution is 0.413. The predicted molar refractivity (Wildman–Crippen MR) is 84.6 cm³/mol. The lowest BCUT2D eigenvalue weighted by atomic mass is 10.1. The van der Waals surface area contributed by atoms with Gasteiger partial charge in [0.1, 0.15) is 5.75 Å². The van der Waals surface area contributed by atoms with Crippen molar-refractivity contribution in [2.75, 3.05) is 13.7 Å². The Morgan fingerprint density at radius 2 is 1.82 bits per heavy atom. The maximum atomic E-state index is 12.3. The third kappa shape index (κ3) is 3.14. The van der Waals surface area contributed by atoms with Gasteiger partial charge in [0.25, 0.3) is 10.2 Å². The molecule has 0 spiro atoms. The van der Waals surface area contributed by atoms with Crippen LogP contribution in [0.3, 0.4) is 0 Å². The molecule has 1 aliphatic rings. The Balaban J connectivity index is 1.77. The van der Waals surface area contributed by atoms with E-state index in [-0.39, 0.29) is 6.04 Å². The molecular formula is C16H18N2O3S. The molecule has 3 rings (SSSR count). The largest absolute Gasteiger partial charge is 0.497 e. The van der Waals surface area contributed by atoms with E-state index in [2.05, 4.69) is 4.72 Å². The predicted octanol–water partition coefficient (Wildman–Crippen LogP) is 2.09. The van der Waals surface area contributed by atoms with Crippen molar-refractivity contribution in [3.8, 4) is 5.75 Å². The van der Waals surface area contributed by atoms with Gasteiger partial charge in [0.2, 0.25) is 0 Å². The molecule has 1 saturated heterocycles. The van der Waals surface area contributed by atoms with Crippen molar-refractivity contribution in [2.24, 2.45) is 0 Å². The molecule has 116 valence electrons. The highest BCUT2D eigenvalue weighted by atomic mass is 32.2. The highest BCUT2D eigenvalue weighted by molar-refractivity contribution is 7.87. The summed E-state index contributed by atoms with van der Waals surface area (Å²) < 4.78 is 33.8. The summed E-state index contributed by atoms with van der Waals surface area (Å²) >= 11 is 0. The molecule has 1 heterocycles. The van der Waals surface area contributed by atoms with Crippen LogP contribution in [-0.2, 0) is 16.8 Å². The minimum atomic E-state index is -3.45. The summed E-state index contributed by atoms with van der Waals surface area (Å²) in [6.07, 6.45) is 0. The summed E-state index contributed by atoms with van der Waals surface area (Å²) in [5.41, 5.74) is 1.91. The first-order chi connectivity index (χ1) is 10.6. The van der Waals surface area contributed by atoms with Crippen LogP contribution in [0.4, 0.5) is 0 Å². The highest BCUT2D eigenvalue weighted by Crippen LogP contribution is 2.26. The maximum Gasteiger partial charge on any atom is 0.280 e. The second kappa shape index (κ2) is 6.08. The molecule has 0 radical (unpaired) electrons. The average Bonchev–Trinajstić information content (AvgIpc) is 2.83. The summed E-state index contributed by atoms with van der Waals surface area (Å²) in [6, 6.07) is 16.8. The van der Waals surface area contributed by atoms with E-state index in [4.69, 9.17) is 4.74 Å². The van der Waals surface area contributed by atoms with E-state index >= 15 is 0 Å². The van der Waals surface area contributed by atoms with Crippen LogP contribution in [0.5, 0.6) is 5.75 Å². The first kappa shape index (κ1) is 15.0. The molecule has 0 aliphatic carbocycles. The Hall–Kier alpha value is -1.89. The minimum absolute atomic E-state index is 0.236. The molecule has 0 bridgehead atoms. The lowest BCUT2D eigenvalue weighted by Gasteiger charge is -2.13. The molecule has 5 nitrogen and oxygen atoms in total. The fraction of sp³-hybridized carbons (Fsp3) is 0.250. The zero-order valence-corrected chi connectivity index (χ0v) is 13.1. The van der Waals surface area contributed by atoms with Gasteiger partial charge < -0.3 is 4.74 Å².